The quantitative estimate of drug-likeness (QED) is 0.657. The van der Waals surface area contributed by atoms with Crippen molar-refractivity contribution >= 4 is 11.6 Å². The third kappa shape index (κ3) is 3.40. The van der Waals surface area contributed by atoms with Crippen molar-refractivity contribution in [3.8, 4) is 11.5 Å². The number of benzene rings is 1. The van der Waals surface area contributed by atoms with Crippen LogP contribution in [0.3, 0.4) is 0 Å². The Labute approximate surface area is 113 Å². The highest BCUT2D eigenvalue weighted by atomic mass is 35.5. The summed E-state index contributed by atoms with van der Waals surface area (Å²) in [4.78, 5) is 0. The van der Waals surface area contributed by atoms with Gasteiger partial charge in [-0.3, -0.25) is 0 Å². The van der Waals surface area contributed by atoms with Crippen LogP contribution in [0.4, 0.5) is 0 Å². The lowest BCUT2D eigenvalue weighted by molar-refractivity contribution is 0.297. The molecule has 1 aromatic rings. The van der Waals surface area contributed by atoms with Gasteiger partial charge in [-0.2, -0.15) is 0 Å². The maximum Gasteiger partial charge on any atom is 0.179 e. The maximum atomic E-state index is 6.21. The van der Waals surface area contributed by atoms with Crippen LogP contribution in [0, 0.1) is 0 Å². The first kappa shape index (κ1) is 13.2. The van der Waals surface area contributed by atoms with Gasteiger partial charge in [-0.25, -0.2) is 0 Å². The molecule has 1 aromatic carbocycles. The fourth-order valence-corrected chi connectivity index (χ4v) is 2.11. The zero-order valence-electron chi connectivity index (χ0n) is 10.4. The number of hydrogen-bond donors (Lipinski definition) is 1. The summed E-state index contributed by atoms with van der Waals surface area (Å²) in [5, 5.41) is 3.95. The van der Waals surface area contributed by atoms with E-state index < -0.39 is 0 Å². The molecule has 0 saturated carbocycles. The number of rotatable bonds is 5. The Morgan fingerprint density at radius 1 is 1.33 bits per heavy atom. The van der Waals surface area contributed by atoms with Gasteiger partial charge in [0.15, 0.2) is 11.5 Å². The van der Waals surface area contributed by atoms with Crippen LogP contribution < -0.4 is 14.8 Å². The van der Waals surface area contributed by atoms with Crippen molar-refractivity contribution < 1.29 is 9.47 Å². The Morgan fingerprint density at radius 3 is 3.00 bits per heavy atom. The summed E-state index contributed by atoms with van der Waals surface area (Å²) >= 11 is 6.21. The second kappa shape index (κ2) is 6.66. The SMILES string of the molecule is C=CCCNCc1cc(Cl)c2c(c1)OCCCO2. The van der Waals surface area contributed by atoms with Crippen LogP contribution in [0.5, 0.6) is 11.5 Å². The fourth-order valence-electron chi connectivity index (χ4n) is 1.82. The standard InChI is InChI=1S/C14H18ClNO2/c1-2-3-5-16-10-11-8-12(15)14-13(9-11)17-6-4-7-18-14/h2,8-9,16H,1,3-7,10H2. The van der Waals surface area contributed by atoms with Crippen LogP contribution in [-0.4, -0.2) is 19.8 Å². The minimum Gasteiger partial charge on any atom is -0.489 e. The smallest absolute Gasteiger partial charge is 0.179 e. The van der Waals surface area contributed by atoms with E-state index in [0.29, 0.717) is 24.0 Å². The summed E-state index contributed by atoms with van der Waals surface area (Å²) in [5.74, 6) is 1.42. The minimum atomic E-state index is 0.620. The van der Waals surface area contributed by atoms with Crippen molar-refractivity contribution in [2.24, 2.45) is 0 Å². The highest BCUT2D eigenvalue weighted by Crippen LogP contribution is 2.37. The predicted octanol–water partition coefficient (Wildman–Crippen LogP) is 3.17. The molecule has 0 unspecified atom stereocenters. The molecule has 98 valence electrons. The molecule has 1 aliphatic heterocycles. The van der Waals surface area contributed by atoms with Gasteiger partial charge in [0.05, 0.1) is 18.2 Å². The van der Waals surface area contributed by atoms with E-state index in [2.05, 4.69) is 11.9 Å². The first-order valence-corrected chi connectivity index (χ1v) is 6.58. The number of halogens is 1. The van der Waals surface area contributed by atoms with Crippen LogP contribution in [0.25, 0.3) is 0 Å². The normalized spacial score (nSPS) is 14.1. The van der Waals surface area contributed by atoms with E-state index in [-0.39, 0.29) is 0 Å². The third-order valence-corrected chi connectivity index (χ3v) is 3.00. The second-order valence-corrected chi connectivity index (χ2v) is 4.62. The average Bonchev–Trinajstić information content (AvgIpc) is 2.60. The molecule has 3 nitrogen and oxygen atoms in total. The van der Waals surface area contributed by atoms with Crippen molar-refractivity contribution in [2.75, 3.05) is 19.8 Å². The van der Waals surface area contributed by atoms with Gasteiger partial charge in [-0.1, -0.05) is 17.7 Å². The van der Waals surface area contributed by atoms with Crippen LogP contribution in [0.2, 0.25) is 5.02 Å². The lowest BCUT2D eigenvalue weighted by Crippen LogP contribution is -2.14. The van der Waals surface area contributed by atoms with Crippen LogP contribution >= 0.6 is 11.6 Å². The number of fused-ring (bicyclic) bond motifs is 1. The molecule has 0 fully saturated rings. The van der Waals surface area contributed by atoms with E-state index >= 15 is 0 Å². The van der Waals surface area contributed by atoms with Gasteiger partial charge in [0.2, 0.25) is 0 Å². The maximum absolute atomic E-state index is 6.21. The average molecular weight is 268 g/mol. The van der Waals surface area contributed by atoms with Gasteiger partial charge in [0.25, 0.3) is 0 Å². The van der Waals surface area contributed by atoms with E-state index in [1.54, 1.807) is 0 Å². The summed E-state index contributed by atoms with van der Waals surface area (Å²) in [5.41, 5.74) is 1.10. The summed E-state index contributed by atoms with van der Waals surface area (Å²) in [7, 11) is 0. The highest BCUT2D eigenvalue weighted by molar-refractivity contribution is 6.32. The van der Waals surface area contributed by atoms with Crippen molar-refractivity contribution in [1.82, 2.24) is 5.32 Å². The molecule has 0 aliphatic carbocycles. The van der Waals surface area contributed by atoms with Crippen LogP contribution in [-0.2, 0) is 6.54 Å². The summed E-state index contributed by atoms with van der Waals surface area (Å²) in [6, 6.07) is 3.92. The summed E-state index contributed by atoms with van der Waals surface area (Å²) in [6.45, 7) is 6.70. The van der Waals surface area contributed by atoms with E-state index in [9.17, 15) is 0 Å². The molecular formula is C14H18ClNO2. The molecular weight excluding hydrogens is 250 g/mol. The first-order chi connectivity index (χ1) is 8.81. The number of nitrogens with one attached hydrogen (secondary N) is 1. The molecule has 1 heterocycles. The molecule has 0 radical (unpaired) electrons. The fraction of sp³-hybridized carbons (Fsp3) is 0.429. The van der Waals surface area contributed by atoms with Gasteiger partial charge in [-0.05, 0) is 30.7 Å². The van der Waals surface area contributed by atoms with E-state index in [0.717, 1.165) is 37.2 Å². The summed E-state index contributed by atoms with van der Waals surface area (Å²) in [6.07, 6.45) is 3.74. The van der Waals surface area contributed by atoms with Gasteiger partial charge in [0.1, 0.15) is 0 Å². The molecule has 1 N–H and O–H groups in total. The molecule has 4 heteroatoms. The zero-order valence-corrected chi connectivity index (χ0v) is 11.1. The number of hydrogen-bond acceptors (Lipinski definition) is 3. The van der Waals surface area contributed by atoms with Crippen molar-refractivity contribution in [2.45, 2.75) is 19.4 Å². The third-order valence-electron chi connectivity index (χ3n) is 2.72. The molecule has 18 heavy (non-hydrogen) atoms. The van der Waals surface area contributed by atoms with Crippen molar-refractivity contribution in [3.63, 3.8) is 0 Å². The molecule has 0 aromatic heterocycles. The Morgan fingerprint density at radius 2 is 2.17 bits per heavy atom. The van der Waals surface area contributed by atoms with Crippen molar-refractivity contribution in [1.29, 1.82) is 0 Å². The number of ether oxygens (including phenoxy) is 2. The minimum absolute atomic E-state index is 0.620. The Hall–Kier alpha value is -1.19. The zero-order chi connectivity index (χ0) is 12.8. The van der Waals surface area contributed by atoms with Crippen LogP contribution in [0.15, 0.2) is 24.8 Å². The largest absolute Gasteiger partial charge is 0.489 e. The van der Waals surface area contributed by atoms with Crippen molar-refractivity contribution in [3.05, 3.63) is 35.4 Å². The first-order valence-electron chi connectivity index (χ1n) is 6.21. The Bertz CT molecular complexity index is 421. The van der Waals surface area contributed by atoms with Gasteiger partial charge in [-0.15, -0.1) is 6.58 Å². The van der Waals surface area contributed by atoms with E-state index in [1.165, 1.54) is 0 Å². The second-order valence-electron chi connectivity index (χ2n) is 4.21. The van der Waals surface area contributed by atoms with Gasteiger partial charge < -0.3 is 14.8 Å². The molecule has 0 spiro atoms. The molecule has 0 bridgehead atoms. The Balaban J connectivity index is 2.06. The molecule has 1 aliphatic rings. The topological polar surface area (TPSA) is 30.5 Å². The monoisotopic (exact) mass is 267 g/mol. The van der Waals surface area contributed by atoms with E-state index in [1.807, 2.05) is 18.2 Å². The summed E-state index contributed by atoms with van der Waals surface area (Å²) < 4.78 is 11.2. The highest BCUT2D eigenvalue weighted by Gasteiger charge is 2.15. The van der Waals surface area contributed by atoms with Crippen LogP contribution in [0.1, 0.15) is 18.4 Å². The van der Waals surface area contributed by atoms with E-state index in [4.69, 9.17) is 21.1 Å². The van der Waals surface area contributed by atoms with Gasteiger partial charge in [0, 0.05) is 13.0 Å². The van der Waals surface area contributed by atoms with Gasteiger partial charge >= 0.3 is 0 Å². The molecule has 2 rings (SSSR count). The Kier molecular flexibility index (Phi) is 4.90. The molecule has 0 saturated heterocycles. The predicted molar refractivity (Wildman–Crippen MR) is 73.6 cm³/mol. The lowest BCUT2D eigenvalue weighted by Gasteiger charge is -2.12. The molecule has 0 atom stereocenters. The molecule has 0 amide bonds. The lowest BCUT2D eigenvalue weighted by atomic mass is 10.2.